The summed E-state index contributed by atoms with van der Waals surface area (Å²) in [7, 11) is 1.25. The number of alkyl halides is 1. The summed E-state index contributed by atoms with van der Waals surface area (Å²) < 4.78 is 23.6. The molecular formula is C18H18FNO4. The van der Waals surface area contributed by atoms with Crippen LogP contribution >= 0.6 is 0 Å². The van der Waals surface area contributed by atoms with E-state index < -0.39 is 18.1 Å². The van der Waals surface area contributed by atoms with E-state index >= 15 is 0 Å². The molecule has 0 radical (unpaired) electrons. The number of H-pyrrole nitrogens is 1. The molecule has 5 nitrogen and oxygen atoms in total. The van der Waals surface area contributed by atoms with Crippen LogP contribution in [0.2, 0.25) is 0 Å². The first-order valence-electron chi connectivity index (χ1n) is 7.38. The molecule has 0 aliphatic heterocycles. The van der Waals surface area contributed by atoms with Crippen molar-refractivity contribution in [3.05, 3.63) is 71.6 Å². The lowest BCUT2D eigenvalue weighted by Crippen LogP contribution is -2.03. The zero-order valence-electron chi connectivity index (χ0n) is 13.2. The number of aromatic amines is 1. The fraction of sp³-hybridized carbons (Fsp3) is 0.222. The number of halogens is 1. The average molecular weight is 331 g/mol. The molecule has 1 heterocycles. The van der Waals surface area contributed by atoms with Crippen LogP contribution in [0.25, 0.3) is 0 Å². The fourth-order valence-corrected chi connectivity index (χ4v) is 2.00. The second-order valence-corrected chi connectivity index (χ2v) is 5.03. The van der Waals surface area contributed by atoms with E-state index in [9.17, 15) is 14.0 Å². The minimum absolute atomic E-state index is 0.00584. The highest BCUT2D eigenvalue weighted by molar-refractivity contribution is 5.89. The number of rotatable bonds is 7. The van der Waals surface area contributed by atoms with Crippen LogP contribution in [0, 0.1) is 0 Å². The van der Waals surface area contributed by atoms with Gasteiger partial charge in [0.25, 0.3) is 0 Å². The number of hydrogen-bond donors (Lipinski definition) is 1. The van der Waals surface area contributed by atoms with Gasteiger partial charge in [-0.1, -0.05) is 36.4 Å². The van der Waals surface area contributed by atoms with Crippen LogP contribution in [0.15, 0.2) is 54.7 Å². The topological polar surface area (TPSA) is 68.4 Å². The molecule has 1 aromatic heterocycles. The number of ether oxygens (including phenoxy) is 2. The van der Waals surface area contributed by atoms with E-state index in [1.165, 1.54) is 25.4 Å². The normalized spacial score (nSPS) is 12.1. The van der Waals surface area contributed by atoms with Crippen molar-refractivity contribution in [3.63, 3.8) is 0 Å². The minimum Gasteiger partial charge on any atom is -0.466 e. The standard InChI is InChI=1S/C18H18FNO4/c1-23-17(21)9-5-8-15(19)16-10-14(11-20-16)18(22)24-12-13-6-3-2-4-7-13/h2-7,9-11,15,20H,8,12H2,1H3. The lowest BCUT2D eigenvalue weighted by Gasteiger charge is -2.03. The molecular weight excluding hydrogens is 313 g/mol. The Kier molecular flexibility index (Phi) is 6.31. The van der Waals surface area contributed by atoms with E-state index in [0.717, 1.165) is 11.6 Å². The predicted molar refractivity (Wildman–Crippen MR) is 86.0 cm³/mol. The third-order valence-electron chi connectivity index (χ3n) is 3.29. The minimum atomic E-state index is -1.36. The number of hydrogen-bond acceptors (Lipinski definition) is 4. The van der Waals surface area contributed by atoms with Crippen LogP contribution in [0.5, 0.6) is 0 Å². The van der Waals surface area contributed by atoms with Gasteiger partial charge in [-0.25, -0.2) is 14.0 Å². The Hall–Kier alpha value is -2.89. The van der Waals surface area contributed by atoms with Crippen LogP contribution in [-0.2, 0) is 20.9 Å². The fourth-order valence-electron chi connectivity index (χ4n) is 2.00. The van der Waals surface area contributed by atoms with E-state index in [0.29, 0.717) is 0 Å². The number of aromatic nitrogens is 1. The molecule has 0 saturated carbocycles. The van der Waals surface area contributed by atoms with Crippen molar-refractivity contribution in [1.82, 2.24) is 4.98 Å². The highest BCUT2D eigenvalue weighted by Crippen LogP contribution is 2.22. The summed E-state index contributed by atoms with van der Waals surface area (Å²) in [6, 6.07) is 10.7. The van der Waals surface area contributed by atoms with E-state index in [1.54, 1.807) is 0 Å². The Morgan fingerprint density at radius 3 is 2.75 bits per heavy atom. The Balaban J connectivity index is 1.88. The van der Waals surface area contributed by atoms with Gasteiger partial charge >= 0.3 is 11.9 Å². The highest BCUT2D eigenvalue weighted by atomic mass is 19.1. The van der Waals surface area contributed by atoms with Crippen molar-refractivity contribution < 1.29 is 23.5 Å². The van der Waals surface area contributed by atoms with Gasteiger partial charge in [-0.15, -0.1) is 0 Å². The van der Waals surface area contributed by atoms with Crippen LogP contribution < -0.4 is 0 Å². The van der Waals surface area contributed by atoms with Gasteiger partial charge in [0, 0.05) is 18.7 Å². The van der Waals surface area contributed by atoms with Crippen molar-refractivity contribution >= 4 is 11.9 Å². The SMILES string of the molecule is COC(=O)C=CCC(F)c1cc(C(=O)OCc2ccccc2)c[nH]1. The molecule has 2 aromatic rings. The Morgan fingerprint density at radius 2 is 2.04 bits per heavy atom. The van der Waals surface area contributed by atoms with E-state index in [1.807, 2.05) is 30.3 Å². The van der Waals surface area contributed by atoms with Crippen LogP contribution in [0.3, 0.4) is 0 Å². The van der Waals surface area contributed by atoms with Gasteiger partial charge in [0.05, 0.1) is 18.4 Å². The first kappa shape index (κ1) is 17.5. The van der Waals surface area contributed by atoms with Crippen molar-refractivity contribution in [2.45, 2.75) is 19.2 Å². The molecule has 2 rings (SSSR count). The van der Waals surface area contributed by atoms with Crippen molar-refractivity contribution in [2.24, 2.45) is 0 Å². The summed E-state index contributed by atoms with van der Waals surface area (Å²) in [5, 5.41) is 0. The zero-order valence-corrected chi connectivity index (χ0v) is 13.2. The van der Waals surface area contributed by atoms with Gasteiger partial charge in [0.2, 0.25) is 0 Å². The van der Waals surface area contributed by atoms with Gasteiger partial charge in [-0.05, 0) is 11.6 Å². The number of methoxy groups -OCH3 is 1. The quantitative estimate of drug-likeness (QED) is 0.623. The number of allylic oxidation sites excluding steroid dienone is 1. The molecule has 0 bridgehead atoms. The molecule has 0 aliphatic carbocycles. The number of nitrogens with one attached hydrogen (secondary N) is 1. The van der Waals surface area contributed by atoms with Crippen LogP contribution in [0.4, 0.5) is 4.39 Å². The maximum Gasteiger partial charge on any atom is 0.340 e. The monoisotopic (exact) mass is 331 g/mol. The van der Waals surface area contributed by atoms with Crippen molar-refractivity contribution in [1.29, 1.82) is 0 Å². The molecule has 24 heavy (non-hydrogen) atoms. The molecule has 1 N–H and O–H groups in total. The first-order valence-corrected chi connectivity index (χ1v) is 7.38. The maximum absolute atomic E-state index is 14.0. The highest BCUT2D eigenvalue weighted by Gasteiger charge is 2.15. The van der Waals surface area contributed by atoms with Gasteiger partial charge in [0.15, 0.2) is 0 Å². The molecule has 6 heteroatoms. The molecule has 0 amide bonds. The summed E-state index contributed by atoms with van der Waals surface area (Å²) in [4.78, 5) is 25.6. The molecule has 1 aromatic carbocycles. The number of benzene rings is 1. The van der Waals surface area contributed by atoms with Gasteiger partial charge < -0.3 is 14.5 Å². The Morgan fingerprint density at radius 1 is 1.29 bits per heavy atom. The second-order valence-electron chi connectivity index (χ2n) is 5.03. The molecule has 1 atom stereocenters. The third-order valence-corrected chi connectivity index (χ3v) is 3.29. The predicted octanol–water partition coefficient (Wildman–Crippen LogP) is 3.50. The van der Waals surface area contributed by atoms with E-state index in [-0.39, 0.29) is 24.3 Å². The molecule has 0 fully saturated rings. The van der Waals surface area contributed by atoms with Crippen LogP contribution in [0.1, 0.15) is 34.2 Å². The second kappa shape index (κ2) is 8.67. The molecule has 0 saturated heterocycles. The van der Waals surface area contributed by atoms with Crippen molar-refractivity contribution in [3.8, 4) is 0 Å². The van der Waals surface area contributed by atoms with Gasteiger partial charge in [0.1, 0.15) is 12.8 Å². The Labute approximate surface area is 139 Å². The summed E-state index contributed by atoms with van der Waals surface area (Å²) in [6.45, 7) is 0.154. The first-order chi connectivity index (χ1) is 11.6. The van der Waals surface area contributed by atoms with E-state index in [2.05, 4.69) is 9.72 Å². The largest absolute Gasteiger partial charge is 0.466 e. The maximum atomic E-state index is 14.0. The molecule has 1 unspecified atom stereocenters. The number of carbonyl (C=O) groups is 2. The summed E-state index contributed by atoms with van der Waals surface area (Å²) >= 11 is 0. The molecule has 0 spiro atoms. The number of carbonyl (C=O) groups excluding carboxylic acids is 2. The smallest absolute Gasteiger partial charge is 0.340 e. The zero-order chi connectivity index (χ0) is 17.4. The summed E-state index contributed by atoms with van der Waals surface area (Å²) in [5.74, 6) is -1.07. The number of esters is 2. The van der Waals surface area contributed by atoms with Crippen LogP contribution in [-0.4, -0.2) is 24.0 Å². The van der Waals surface area contributed by atoms with Crippen molar-refractivity contribution in [2.75, 3.05) is 7.11 Å². The lowest BCUT2D eigenvalue weighted by atomic mass is 10.2. The lowest BCUT2D eigenvalue weighted by molar-refractivity contribution is -0.134. The Bertz CT molecular complexity index is 709. The third kappa shape index (κ3) is 5.08. The molecule has 0 aliphatic rings. The van der Waals surface area contributed by atoms with Gasteiger partial charge in [-0.2, -0.15) is 0 Å². The van der Waals surface area contributed by atoms with Gasteiger partial charge in [-0.3, -0.25) is 0 Å². The van der Waals surface area contributed by atoms with E-state index in [4.69, 9.17) is 4.74 Å². The summed E-state index contributed by atoms with van der Waals surface area (Å²) in [6.07, 6.45) is 2.57. The summed E-state index contributed by atoms with van der Waals surface area (Å²) in [5.41, 5.74) is 1.37. The molecule has 126 valence electrons. The average Bonchev–Trinajstić information content (AvgIpc) is 3.10.